The Bertz CT molecular complexity index is 630. The molecular weight excluding hydrogens is 362 g/mol. The van der Waals surface area contributed by atoms with Crippen molar-refractivity contribution in [2.45, 2.75) is 44.9 Å². The molecule has 0 radical (unpaired) electrons. The molecule has 1 amide bonds. The van der Waals surface area contributed by atoms with Crippen molar-refractivity contribution in [2.75, 3.05) is 52.4 Å². The van der Waals surface area contributed by atoms with Gasteiger partial charge in [0.25, 0.3) is 5.91 Å². The number of carbonyl (C=O) groups is 1. The zero-order valence-electron chi connectivity index (χ0n) is 17.8. The summed E-state index contributed by atoms with van der Waals surface area (Å²) in [5, 5.41) is 3.04. The summed E-state index contributed by atoms with van der Waals surface area (Å²) < 4.78 is 5.89. The summed E-state index contributed by atoms with van der Waals surface area (Å²) in [4.78, 5) is 17.4. The first-order valence-corrected chi connectivity index (χ1v) is 11.7. The van der Waals surface area contributed by atoms with Gasteiger partial charge in [-0.2, -0.15) is 0 Å². The molecule has 2 heterocycles. The maximum atomic E-state index is 12.3. The first-order valence-electron chi connectivity index (χ1n) is 11.7. The molecule has 1 aromatic carbocycles. The number of carbonyl (C=O) groups excluding carboxylic acids is 1. The van der Waals surface area contributed by atoms with Gasteiger partial charge in [0.05, 0.1) is 6.61 Å². The Kier molecular flexibility index (Phi) is 7.44. The molecule has 1 saturated carbocycles. The Morgan fingerprint density at radius 2 is 1.66 bits per heavy atom. The van der Waals surface area contributed by atoms with Crippen LogP contribution in [0.3, 0.4) is 0 Å². The van der Waals surface area contributed by atoms with Crippen LogP contribution in [0.25, 0.3) is 0 Å². The number of benzene rings is 1. The van der Waals surface area contributed by atoms with Gasteiger partial charge in [-0.05, 0) is 81.3 Å². The predicted molar refractivity (Wildman–Crippen MR) is 116 cm³/mol. The minimum Gasteiger partial charge on any atom is -0.494 e. The van der Waals surface area contributed by atoms with Crippen LogP contribution in [0.4, 0.5) is 0 Å². The Morgan fingerprint density at radius 1 is 0.931 bits per heavy atom. The van der Waals surface area contributed by atoms with E-state index >= 15 is 0 Å². The number of hydrogen-bond donors (Lipinski definition) is 1. The lowest BCUT2D eigenvalue weighted by Crippen LogP contribution is -2.37. The summed E-state index contributed by atoms with van der Waals surface area (Å²) >= 11 is 0. The summed E-state index contributed by atoms with van der Waals surface area (Å²) in [5.41, 5.74) is 0.708. The number of likely N-dealkylation sites (tertiary alicyclic amines) is 2. The van der Waals surface area contributed by atoms with Gasteiger partial charge in [-0.1, -0.05) is 12.8 Å². The Hall–Kier alpha value is -1.59. The molecule has 160 valence electrons. The zero-order chi connectivity index (χ0) is 19.9. The van der Waals surface area contributed by atoms with E-state index in [9.17, 15) is 4.79 Å². The van der Waals surface area contributed by atoms with Crippen LogP contribution in [0.1, 0.15) is 55.3 Å². The van der Waals surface area contributed by atoms with Gasteiger partial charge in [0.1, 0.15) is 5.75 Å². The topological polar surface area (TPSA) is 44.8 Å². The van der Waals surface area contributed by atoms with Crippen molar-refractivity contribution in [3.8, 4) is 5.75 Å². The van der Waals surface area contributed by atoms with E-state index in [0.717, 1.165) is 50.2 Å². The van der Waals surface area contributed by atoms with Crippen LogP contribution in [-0.4, -0.2) is 68.1 Å². The summed E-state index contributed by atoms with van der Waals surface area (Å²) in [6.45, 7) is 8.48. The highest BCUT2D eigenvalue weighted by atomic mass is 16.5. The summed E-state index contributed by atoms with van der Waals surface area (Å²) in [7, 11) is 0. The molecule has 0 aromatic heterocycles. The van der Waals surface area contributed by atoms with Crippen molar-refractivity contribution < 1.29 is 9.53 Å². The second-order valence-corrected chi connectivity index (χ2v) is 9.10. The quantitative estimate of drug-likeness (QED) is 0.647. The number of rotatable bonds is 9. The first-order chi connectivity index (χ1) is 14.3. The number of nitrogens with one attached hydrogen (secondary N) is 1. The van der Waals surface area contributed by atoms with E-state index in [4.69, 9.17) is 4.74 Å². The number of amides is 1. The van der Waals surface area contributed by atoms with Gasteiger partial charge in [0.2, 0.25) is 0 Å². The van der Waals surface area contributed by atoms with E-state index in [1.165, 1.54) is 64.7 Å². The SMILES string of the molecule is O=C(NCCN1CCCCC1)c1ccc(OCCCN2CC3CCCC3C2)cc1. The Morgan fingerprint density at radius 3 is 2.38 bits per heavy atom. The Balaban J connectivity index is 1.10. The van der Waals surface area contributed by atoms with Crippen LogP contribution >= 0.6 is 0 Å². The van der Waals surface area contributed by atoms with Crippen molar-refractivity contribution in [2.24, 2.45) is 11.8 Å². The van der Waals surface area contributed by atoms with Crippen molar-refractivity contribution in [1.82, 2.24) is 15.1 Å². The molecule has 1 N–H and O–H groups in total. The molecule has 4 rings (SSSR count). The summed E-state index contributed by atoms with van der Waals surface area (Å²) in [6, 6.07) is 7.57. The van der Waals surface area contributed by atoms with E-state index in [-0.39, 0.29) is 5.91 Å². The molecular formula is C24H37N3O2. The van der Waals surface area contributed by atoms with Crippen LogP contribution in [-0.2, 0) is 0 Å². The van der Waals surface area contributed by atoms with E-state index in [2.05, 4.69) is 15.1 Å². The lowest BCUT2D eigenvalue weighted by Gasteiger charge is -2.26. The lowest BCUT2D eigenvalue weighted by atomic mass is 10.0. The second-order valence-electron chi connectivity index (χ2n) is 9.10. The molecule has 5 heteroatoms. The number of ether oxygens (including phenoxy) is 1. The molecule has 0 bridgehead atoms. The van der Waals surface area contributed by atoms with Crippen LogP contribution in [0.5, 0.6) is 5.75 Å². The van der Waals surface area contributed by atoms with Gasteiger partial charge in [0.15, 0.2) is 0 Å². The molecule has 2 unspecified atom stereocenters. The molecule has 3 fully saturated rings. The van der Waals surface area contributed by atoms with Crippen LogP contribution < -0.4 is 10.1 Å². The Labute approximate surface area is 175 Å². The van der Waals surface area contributed by atoms with Gasteiger partial charge in [-0.3, -0.25) is 4.79 Å². The highest BCUT2D eigenvalue weighted by Crippen LogP contribution is 2.37. The molecule has 0 spiro atoms. The van der Waals surface area contributed by atoms with E-state index in [1.807, 2.05) is 24.3 Å². The molecule has 2 aliphatic heterocycles. The fraction of sp³-hybridized carbons (Fsp3) is 0.708. The van der Waals surface area contributed by atoms with Gasteiger partial charge in [-0.15, -0.1) is 0 Å². The maximum Gasteiger partial charge on any atom is 0.251 e. The molecule has 1 aliphatic carbocycles. The third kappa shape index (κ3) is 5.95. The molecule has 5 nitrogen and oxygen atoms in total. The van der Waals surface area contributed by atoms with Crippen LogP contribution in [0, 0.1) is 11.8 Å². The third-order valence-electron chi connectivity index (χ3n) is 6.97. The van der Waals surface area contributed by atoms with Gasteiger partial charge >= 0.3 is 0 Å². The highest BCUT2D eigenvalue weighted by molar-refractivity contribution is 5.94. The van der Waals surface area contributed by atoms with Gasteiger partial charge < -0.3 is 19.9 Å². The van der Waals surface area contributed by atoms with E-state index in [1.54, 1.807) is 0 Å². The standard InChI is InChI=1S/C24H37N3O2/c28-24(25-12-16-26-13-2-1-3-14-26)20-8-10-23(11-9-20)29-17-5-15-27-18-21-6-4-7-22(21)19-27/h8-11,21-22H,1-7,12-19H2,(H,25,28). The van der Waals surface area contributed by atoms with Crippen molar-refractivity contribution in [1.29, 1.82) is 0 Å². The van der Waals surface area contributed by atoms with Gasteiger partial charge in [-0.25, -0.2) is 0 Å². The molecule has 1 aromatic rings. The van der Waals surface area contributed by atoms with Crippen molar-refractivity contribution in [3.63, 3.8) is 0 Å². The zero-order valence-corrected chi connectivity index (χ0v) is 17.8. The van der Waals surface area contributed by atoms with Gasteiger partial charge in [0, 0.05) is 38.3 Å². The number of piperidine rings is 1. The van der Waals surface area contributed by atoms with Crippen molar-refractivity contribution in [3.05, 3.63) is 29.8 Å². The third-order valence-corrected chi connectivity index (χ3v) is 6.97. The monoisotopic (exact) mass is 399 g/mol. The average Bonchev–Trinajstić information content (AvgIpc) is 3.34. The fourth-order valence-electron chi connectivity index (χ4n) is 5.31. The minimum absolute atomic E-state index is 0.00754. The molecule has 2 atom stereocenters. The van der Waals surface area contributed by atoms with E-state index < -0.39 is 0 Å². The lowest BCUT2D eigenvalue weighted by molar-refractivity contribution is 0.0946. The van der Waals surface area contributed by atoms with Crippen LogP contribution in [0.15, 0.2) is 24.3 Å². The van der Waals surface area contributed by atoms with Crippen molar-refractivity contribution >= 4 is 5.91 Å². The fourth-order valence-corrected chi connectivity index (χ4v) is 5.31. The number of nitrogens with zero attached hydrogens (tertiary/aromatic N) is 2. The predicted octanol–water partition coefficient (Wildman–Crippen LogP) is 3.40. The van der Waals surface area contributed by atoms with Crippen LogP contribution in [0.2, 0.25) is 0 Å². The maximum absolute atomic E-state index is 12.3. The molecule has 29 heavy (non-hydrogen) atoms. The summed E-state index contributed by atoms with van der Waals surface area (Å²) in [5.74, 6) is 2.80. The first kappa shape index (κ1) is 20.7. The molecule has 2 saturated heterocycles. The minimum atomic E-state index is 0.00754. The largest absolute Gasteiger partial charge is 0.494 e. The molecule has 3 aliphatic rings. The number of fused-ring (bicyclic) bond motifs is 1. The summed E-state index contributed by atoms with van der Waals surface area (Å²) in [6.07, 6.45) is 9.31. The second kappa shape index (κ2) is 10.4. The highest BCUT2D eigenvalue weighted by Gasteiger charge is 2.35. The average molecular weight is 400 g/mol. The van der Waals surface area contributed by atoms with E-state index in [0.29, 0.717) is 5.56 Å². The normalized spacial score (nSPS) is 25.1. The number of hydrogen-bond acceptors (Lipinski definition) is 4. The smallest absolute Gasteiger partial charge is 0.251 e.